The lowest BCUT2D eigenvalue weighted by Gasteiger charge is -2.32. The second kappa shape index (κ2) is 5.81. The molecule has 1 saturated heterocycles. The highest BCUT2D eigenvalue weighted by atomic mass is 16.5. The summed E-state index contributed by atoms with van der Waals surface area (Å²) in [5, 5.41) is 0. The summed E-state index contributed by atoms with van der Waals surface area (Å²) < 4.78 is 5.64. The Bertz CT molecular complexity index is 385. The van der Waals surface area contributed by atoms with E-state index in [0.717, 1.165) is 26.2 Å². The van der Waals surface area contributed by atoms with Gasteiger partial charge in [-0.3, -0.25) is 4.90 Å². The molecule has 2 unspecified atom stereocenters. The van der Waals surface area contributed by atoms with Crippen LogP contribution in [0.5, 0.6) is 0 Å². The van der Waals surface area contributed by atoms with E-state index in [0.29, 0.717) is 0 Å². The maximum absolute atomic E-state index is 7.06. The van der Waals surface area contributed by atoms with Crippen LogP contribution < -0.4 is 0 Å². The molecule has 0 amide bonds. The van der Waals surface area contributed by atoms with Crippen LogP contribution in [0.15, 0.2) is 30.3 Å². The first-order valence-corrected chi connectivity index (χ1v) is 6.04. The molecule has 90 valence electrons. The largest absolute Gasteiger partial charge is 0.367 e. The Labute approximate surface area is 103 Å². The highest BCUT2D eigenvalue weighted by molar-refractivity contribution is 5.14. The van der Waals surface area contributed by atoms with Crippen LogP contribution in [-0.2, 0) is 11.3 Å². The molecule has 17 heavy (non-hydrogen) atoms. The zero-order valence-electron chi connectivity index (χ0n) is 10.2. The van der Waals surface area contributed by atoms with Gasteiger partial charge < -0.3 is 9.58 Å². The number of hydrogen-bond acceptors (Lipinski definition) is 2. The summed E-state index contributed by atoms with van der Waals surface area (Å²) in [5.41, 5.74) is 1.32. The summed E-state index contributed by atoms with van der Waals surface area (Å²) in [6.07, 6.45) is 0.0602. The average Bonchev–Trinajstić information content (AvgIpc) is 2.39. The predicted octanol–water partition coefficient (Wildman–Crippen LogP) is 2.20. The number of ether oxygens (including phenoxy) is 1. The van der Waals surface area contributed by atoms with E-state index in [2.05, 4.69) is 34.0 Å². The molecule has 1 aliphatic rings. The molecule has 1 aromatic rings. The van der Waals surface area contributed by atoms with Crippen LogP contribution in [0.25, 0.3) is 4.85 Å². The molecule has 3 nitrogen and oxygen atoms in total. The molecule has 1 fully saturated rings. The Kier molecular flexibility index (Phi) is 4.13. The second-order valence-electron chi connectivity index (χ2n) is 4.50. The predicted molar refractivity (Wildman–Crippen MR) is 67.5 cm³/mol. The Morgan fingerprint density at radius 2 is 2.24 bits per heavy atom. The van der Waals surface area contributed by atoms with Crippen molar-refractivity contribution in [3.63, 3.8) is 0 Å². The van der Waals surface area contributed by atoms with Crippen molar-refractivity contribution in [3.8, 4) is 0 Å². The van der Waals surface area contributed by atoms with Crippen molar-refractivity contribution in [2.24, 2.45) is 0 Å². The van der Waals surface area contributed by atoms with Gasteiger partial charge in [0.25, 0.3) is 0 Å². The number of benzene rings is 1. The zero-order valence-corrected chi connectivity index (χ0v) is 10.2. The topological polar surface area (TPSA) is 16.8 Å². The van der Waals surface area contributed by atoms with Crippen molar-refractivity contribution in [3.05, 3.63) is 47.3 Å². The highest BCUT2D eigenvalue weighted by Crippen LogP contribution is 2.14. The summed E-state index contributed by atoms with van der Waals surface area (Å²) in [7, 11) is 0. The van der Waals surface area contributed by atoms with Crippen LogP contribution in [0.4, 0.5) is 0 Å². The fourth-order valence-corrected chi connectivity index (χ4v) is 2.09. The first kappa shape index (κ1) is 12.1. The van der Waals surface area contributed by atoms with E-state index in [4.69, 9.17) is 11.3 Å². The van der Waals surface area contributed by atoms with Crippen molar-refractivity contribution in [2.45, 2.75) is 25.6 Å². The quantitative estimate of drug-likeness (QED) is 0.740. The molecule has 1 aromatic carbocycles. The van der Waals surface area contributed by atoms with Gasteiger partial charge in [0.1, 0.15) is 6.10 Å². The molecule has 0 aliphatic carbocycles. The van der Waals surface area contributed by atoms with Gasteiger partial charge in [0.2, 0.25) is 6.04 Å². The number of morpholine rings is 1. The van der Waals surface area contributed by atoms with E-state index in [1.165, 1.54) is 5.56 Å². The lowest BCUT2D eigenvalue weighted by molar-refractivity contribution is -0.0351. The lowest BCUT2D eigenvalue weighted by atomic mass is 10.1. The molecular weight excluding hydrogens is 212 g/mol. The first-order chi connectivity index (χ1) is 8.29. The van der Waals surface area contributed by atoms with Crippen molar-refractivity contribution in [1.82, 2.24) is 4.90 Å². The van der Waals surface area contributed by atoms with Crippen LogP contribution >= 0.6 is 0 Å². The first-order valence-electron chi connectivity index (χ1n) is 6.04. The van der Waals surface area contributed by atoms with Crippen molar-refractivity contribution in [2.75, 3.05) is 19.7 Å². The Morgan fingerprint density at radius 1 is 1.47 bits per heavy atom. The van der Waals surface area contributed by atoms with Gasteiger partial charge in [0, 0.05) is 26.6 Å². The molecule has 3 heteroatoms. The minimum absolute atomic E-state index is 0.0476. The van der Waals surface area contributed by atoms with Gasteiger partial charge in [-0.05, 0) is 5.56 Å². The molecule has 0 radical (unpaired) electrons. The smallest absolute Gasteiger partial charge is 0.247 e. The Hall–Kier alpha value is -1.37. The monoisotopic (exact) mass is 230 g/mol. The maximum atomic E-state index is 7.06. The fourth-order valence-electron chi connectivity index (χ4n) is 2.09. The average molecular weight is 230 g/mol. The van der Waals surface area contributed by atoms with Crippen molar-refractivity contribution >= 4 is 0 Å². The molecule has 0 saturated carbocycles. The highest BCUT2D eigenvalue weighted by Gasteiger charge is 2.28. The van der Waals surface area contributed by atoms with Gasteiger partial charge in [-0.2, -0.15) is 0 Å². The molecule has 0 bridgehead atoms. The molecular formula is C14H18N2O. The van der Waals surface area contributed by atoms with Crippen LogP contribution in [0, 0.1) is 6.57 Å². The van der Waals surface area contributed by atoms with E-state index >= 15 is 0 Å². The van der Waals surface area contributed by atoms with E-state index in [1.807, 2.05) is 13.0 Å². The van der Waals surface area contributed by atoms with Crippen LogP contribution in [-0.4, -0.2) is 36.7 Å². The lowest BCUT2D eigenvalue weighted by Crippen LogP contribution is -2.45. The molecule has 1 heterocycles. The van der Waals surface area contributed by atoms with Crippen molar-refractivity contribution in [1.29, 1.82) is 0 Å². The summed E-state index contributed by atoms with van der Waals surface area (Å²) in [4.78, 5) is 5.92. The van der Waals surface area contributed by atoms with Gasteiger partial charge >= 0.3 is 0 Å². The number of rotatable bonds is 3. The van der Waals surface area contributed by atoms with E-state index in [-0.39, 0.29) is 12.1 Å². The van der Waals surface area contributed by atoms with Gasteiger partial charge in [-0.1, -0.05) is 30.3 Å². The SMILES string of the molecule is [C-]#[N+]C(C)C1CN(Cc2ccccc2)CCO1. The van der Waals surface area contributed by atoms with Crippen LogP contribution in [0.1, 0.15) is 12.5 Å². The summed E-state index contributed by atoms with van der Waals surface area (Å²) in [6.45, 7) is 12.5. The third kappa shape index (κ3) is 3.29. The zero-order chi connectivity index (χ0) is 12.1. The third-order valence-electron chi connectivity index (χ3n) is 3.17. The normalized spacial score (nSPS) is 22.9. The second-order valence-corrected chi connectivity index (χ2v) is 4.50. The molecule has 0 aromatic heterocycles. The van der Waals surface area contributed by atoms with Gasteiger partial charge in [-0.15, -0.1) is 0 Å². The van der Waals surface area contributed by atoms with E-state index < -0.39 is 0 Å². The third-order valence-corrected chi connectivity index (χ3v) is 3.17. The molecule has 0 N–H and O–H groups in total. The summed E-state index contributed by atoms with van der Waals surface area (Å²) >= 11 is 0. The summed E-state index contributed by atoms with van der Waals surface area (Å²) in [5.74, 6) is 0. The molecule has 2 rings (SSSR count). The van der Waals surface area contributed by atoms with Crippen molar-refractivity contribution < 1.29 is 4.74 Å². The Balaban J connectivity index is 1.92. The Morgan fingerprint density at radius 3 is 2.94 bits per heavy atom. The molecule has 2 atom stereocenters. The van der Waals surface area contributed by atoms with Gasteiger partial charge in [0.05, 0.1) is 6.61 Å². The van der Waals surface area contributed by atoms with Crippen LogP contribution in [0.2, 0.25) is 0 Å². The minimum atomic E-state index is -0.0476. The van der Waals surface area contributed by atoms with E-state index in [1.54, 1.807) is 0 Å². The molecule has 0 spiro atoms. The minimum Gasteiger partial charge on any atom is -0.367 e. The van der Waals surface area contributed by atoms with Gasteiger partial charge in [0.15, 0.2) is 0 Å². The van der Waals surface area contributed by atoms with E-state index in [9.17, 15) is 0 Å². The fraction of sp³-hybridized carbons (Fsp3) is 0.500. The molecule has 1 aliphatic heterocycles. The number of nitrogens with zero attached hydrogens (tertiary/aromatic N) is 2. The summed E-state index contributed by atoms with van der Waals surface area (Å²) in [6, 6.07) is 10.4. The standard InChI is InChI=1S/C14H18N2O/c1-12(15-2)14-11-16(8-9-17-14)10-13-6-4-3-5-7-13/h3-7,12,14H,8-11H2,1H3. The number of hydrogen-bond donors (Lipinski definition) is 0. The van der Waals surface area contributed by atoms with Crippen LogP contribution in [0.3, 0.4) is 0 Å². The van der Waals surface area contributed by atoms with Gasteiger partial charge in [-0.25, -0.2) is 6.57 Å². The maximum Gasteiger partial charge on any atom is 0.247 e.